The molecule has 0 aliphatic heterocycles. The molecule has 1 aromatic heterocycles. The quantitative estimate of drug-likeness (QED) is 0.881. The van der Waals surface area contributed by atoms with Crippen LogP contribution in [0.1, 0.15) is 31.1 Å². The van der Waals surface area contributed by atoms with E-state index in [4.69, 9.17) is 4.52 Å². The Kier molecular flexibility index (Phi) is 4.84. The summed E-state index contributed by atoms with van der Waals surface area (Å²) in [6.07, 6.45) is 1.26. The number of nitrogens with one attached hydrogen (secondary N) is 1. The maximum Gasteiger partial charge on any atom is 0.228 e. The smallest absolute Gasteiger partial charge is 0.228 e. The third kappa shape index (κ3) is 3.87. The van der Waals surface area contributed by atoms with E-state index in [1.807, 2.05) is 7.05 Å². The Morgan fingerprint density at radius 1 is 1.25 bits per heavy atom. The van der Waals surface area contributed by atoms with Gasteiger partial charge in [0.2, 0.25) is 5.89 Å². The predicted molar refractivity (Wildman–Crippen MR) is 74.9 cm³/mol. The van der Waals surface area contributed by atoms with Crippen LogP contribution in [0.5, 0.6) is 0 Å². The molecule has 0 saturated heterocycles. The van der Waals surface area contributed by atoms with Gasteiger partial charge in [0.15, 0.2) is 5.82 Å². The Morgan fingerprint density at radius 3 is 2.55 bits per heavy atom. The SMILES string of the molecule is CNC(Cc1nc(Cc2ccc(F)cc2)no1)C(C)C. The number of aromatic nitrogens is 2. The summed E-state index contributed by atoms with van der Waals surface area (Å²) < 4.78 is 18.1. The molecule has 2 rings (SSSR count). The van der Waals surface area contributed by atoms with Gasteiger partial charge >= 0.3 is 0 Å². The molecule has 0 aliphatic rings. The van der Waals surface area contributed by atoms with Crippen molar-refractivity contribution in [1.29, 1.82) is 0 Å². The summed E-state index contributed by atoms with van der Waals surface area (Å²) in [7, 11) is 1.93. The molecule has 1 unspecified atom stereocenters. The van der Waals surface area contributed by atoms with Crippen LogP contribution < -0.4 is 5.32 Å². The average Bonchev–Trinajstić information content (AvgIpc) is 2.86. The lowest BCUT2D eigenvalue weighted by Crippen LogP contribution is -2.32. The van der Waals surface area contributed by atoms with Crippen LogP contribution in [0.2, 0.25) is 0 Å². The molecule has 2 aromatic rings. The molecular formula is C15H20FN3O. The first-order valence-corrected chi connectivity index (χ1v) is 6.81. The van der Waals surface area contributed by atoms with Crippen molar-refractivity contribution in [1.82, 2.24) is 15.5 Å². The second-order valence-electron chi connectivity index (χ2n) is 5.25. The van der Waals surface area contributed by atoms with E-state index < -0.39 is 0 Å². The molecule has 5 heteroatoms. The van der Waals surface area contributed by atoms with Gasteiger partial charge in [0.25, 0.3) is 0 Å². The largest absolute Gasteiger partial charge is 0.339 e. The highest BCUT2D eigenvalue weighted by atomic mass is 19.1. The van der Waals surface area contributed by atoms with E-state index >= 15 is 0 Å². The third-order valence-electron chi connectivity index (χ3n) is 3.36. The van der Waals surface area contributed by atoms with E-state index in [0.29, 0.717) is 36.5 Å². The summed E-state index contributed by atoms with van der Waals surface area (Å²) in [5, 5.41) is 7.22. The minimum absolute atomic E-state index is 0.239. The first kappa shape index (κ1) is 14.7. The number of halogens is 1. The van der Waals surface area contributed by atoms with E-state index in [9.17, 15) is 4.39 Å². The minimum Gasteiger partial charge on any atom is -0.339 e. The van der Waals surface area contributed by atoms with Crippen molar-refractivity contribution >= 4 is 0 Å². The molecule has 0 aliphatic carbocycles. The second kappa shape index (κ2) is 6.61. The lowest BCUT2D eigenvalue weighted by molar-refractivity contribution is 0.333. The fraction of sp³-hybridized carbons (Fsp3) is 0.467. The lowest BCUT2D eigenvalue weighted by atomic mass is 10.0. The van der Waals surface area contributed by atoms with Crippen molar-refractivity contribution < 1.29 is 8.91 Å². The molecule has 0 bridgehead atoms. The van der Waals surface area contributed by atoms with Crippen molar-refractivity contribution in [2.75, 3.05) is 7.05 Å². The van der Waals surface area contributed by atoms with E-state index in [-0.39, 0.29) is 5.82 Å². The summed E-state index contributed by atoms with van der Waals surface area (Å²) in [4.78, 5) is 4.39. The summed E-state index contributed by atoms with van der Waals surface area (Å²) in [6.45, 7) is 4.30. The first-order chi connectivity index (χ1) is 9.58. The number of rotatable bonds is 6. The Morgan fingerprint density at radius 2 is 1.95 bits per heavy atom. The first-order valence-electron chi connectivity index (χ1n) is 6.81. The van der Waals surface area contributed by atoms with Crippen molar-refractivity contribution in [3.63, 3.8) is 0 Å². The van der Waals surface area contributed by atoms with E-state index in [0.717, 1.165) is 5.56 Å². The van der Waals surface area contributed by atoms with Gasteiger partial charge in [-0.05, 0) is 30.7 Å². The Bertz CT molecular complexity index is 536. The molecule has 1 aromatic carbocycles. The highest BCUT2D eigenvalue weighted by Crippen LogP contribution is 2.11. The Balaban J connectivity index is 2.00. The fourth-order valence-electron chi connectivity index (χ4n) is 2.09. The van der Waals surface area contributed by atoms with Crippen LogP contribution in [0.15, 0.2) is 28.8 Å². The summed E-state index contributed by atoms with van der Waals surface area (Å²) >= 11 is 0. The van der Waals surface area contributed by atoms with Crippen molar-refractivity contribution in [2.45, 2.75) is 32.7 Å². The van der Waals surface area contributed by atoms with Gasteiger partial charge in [0, 0.05) is 18.9 Å². The predicted octanol–water partition coefficient (Wildman–Crippen LogP) is 2.59. The van der Waals surface area contributed by atoms with Crippen molar-refractivity contribution in [2.24, 2.45) is 5.92 Å². The van der Waals surface area contributed by atoms with E-state index in [2.05, 4.69) is 29.3 Å². The van der Waals surface area contributed by atoms with Gasteiger partial charge in [0.1, 0.15) is 5.82 Å². The Labute approximate surface area is 118 Å². The van der Waals surface area contributed by atoms with Crippen LogP contribution in [0, 0.1) is 11.7 Å². The number of hydrogen-bond acceptors (Lipinski definition) is 4. The van der Waals surface area contributed by atoms with Crippen LogP contribution in [0.25, 0.3) is 0 Å². The number of nitrogens with zero attached hydrogens (tertiary/aromatic N) is 2. The lowest BCUT2D eigenvalue weighted by Gasteiger charge is -2.17. The summed E-state index contributed by atoms with van der Waals surface area (Å²) in [5.41, 5.74) is 0.966. The monoisotopic (exact) mass is 277 g/mol. The molecule has 1 atom stereocenters. The maximum atomic E-state index is 12.8. The molecule has 0 amide bonds. The molecular weight excluding hydrogens is 257 g/mol. The summed E-state index contributed by atoms with van der Waals surface area (Å²) in [6, 6.07) is 6.65. The minimum atomic E-state index is -0.239. The van der Waals surface area contributed by atoms with Crippen LogP contribution in [0.4, 0.5) is 4.39 Å². The molecule has 0 saturated carbocycles. The van der Waals surface area contributed by atoms with Gasteiger partial charge in [-0.15, -0.1) is 0 Å². The molecule has 1 N–H and O–H groups in total. The highest BCUT2D eigenvalue weighted by Gasteiger charge is 2.16. The van der Waals surface area contributed by atoms with Gasteiger partial charge in [-0.3, -0.25) is 0 Å². The molecule has 0 spiro atoms. The molecule has 1 heterocycles. The van der Waals surface area contributed by atoms with Crippen LogP contribution in [-0.2, 0) is 12.8 Å². The molecule has 108 valence electrons. The number of hydrogen-bond donors (Lipinski definition) is 1. The molecule has 20 heavy (non-hydrogen) atoms. The molecule has 0 radical (unpaired) electrons. The molecule has 0 fully saturated rings. The summed E-state index contributed by atoms with van der Waals surface area (Å²) in [5.74, 6) is 1.52. The van der Waals surface area contributed by atoms with Gasteiger partial charge in [0.05, 0.1) is 0 Å². The Hall–Kier alpha value is -1.75. The van der Waals surface area contributed by atoms with Gasteiger partial charge < -0.3 is 9.84 Å². The zero-order valence-corrected chi connectivity index (χ0v) is 12.1. The normalized spacial score (nSPS) is 12.8. The highest BCUT2D eigenvalue weighted by molar-refractivity contribution is 5.19. The number of likely N-dealkylation sites (N-methyl/N-ethyl adjacent to an activating group) is 1. The van der Waals surface area contributed by atoms with Gasteiger partial charge in [-0.25, -0.2) is 4.39 Å². The van der Waals surface area contributed by atoms with Crippen LogP contribution >= 0.6 is 0 Å². The topological polar surface area (TPSA) is 51.0 Å². The zero-order valence-electron chi connectivity index (χ0n) is 12.1. The van der Waals surface area contributed by atoms with Gasteiger partial charge in [-0.1, -0.05) is 31.1 Å². The third-order valence-corrected chi connectivity index (χ3v) is 3.36. The average molecular weight is 277 g/mol. The zero-order chi connectivity index (χ0) is 14.5. The number of benzene rings is 1. The van der Waals surface area contributed by atoms with E-state index in [1.165, 1.54) is 12.1 Å². The van der Waals surface area contributed by atoms with Crippen LogP contribution in [0.3, 0.4) is 0 Å². The second-order valence-corrected chi connectivity index (χ2v) is 5.25. The fourth-order valence-corrected chi connectivity index (χ4v) is 2.09. The van der Waals surface area contributed by atoms with Crippen molar-refractivity contribution in [3.8, 4) is 0 Å². The van der Waals surface area contributed by atoms with Crippen molar-refractivity contribution in [3.05, 3.63) is 47.4 Å². The molecule has 4 nitrogen and oxygen atoms in total. The van der Waals surface area contributed by atoms with Crippen LogP contribution in [-0.4, -0.2) is 23.2 Å². The van der Waals surface area contributed by atoms with Gasteiger partial charge in [-0.2, -0.15) is 4.98 Å². The standard InChI is InChI=1S/C15H20FN3O/c1-10(2)13(17-3)9-15-18-14(19-20-15)8-11-4-6-12(16)7-5-11/h4-7,10,13,17H,8-9H2,1-3H3. The maximum absolute atomic E-state index is 12.8. The van der Waals surface area contributed by atoms with E-state index in [1.54, 1.807) is 12.1 Å².